The average Bonchev–Trinajstić information content (AvgIpc) is 0.794. The van der Waals surface area contributed by atoms with Crippen LogP contribution in [0.5, 0.6) is 17.2 Å². The number of aromatic hydroxyl groups is 3. The third-order valence-electron chi connectivity index (χ3n) is 28.0. The monoisotopic (exact) mass is 1940 g/mol. The number of ether oxygens (including phenoxy) is 5. The molecule has 6 aliphatic carbocycles. The van der Waals surface area contributed by atoms with E-state index < -0.39 is 16.2 Å². The fourth-order valence-electron chi connectivity index (χ4n) is 15.8. The maximum absolute atomic E-state index is 12.6. The van der Waals surface area contributed by atoms with E-state index in [0.29, 0.717) is 35.0 Å². The molecule has 5 fully saturated rings. The largest absolute Gasteiger partial charge is 0.508 e. The van der Waals surface area contributed by atoms with Crippen LogP contribution < -0.4 is 0 Å². The highest BCUT2D eigenvalue weighted by Crippen LogP contribution is 2.64. The molecule has 6 aliphatic rings. The summed E-state index contributed by atoms with van der Waals surface area (Å²) in [6.07, 6.45) is 25.5. The van der Waals surface area contributed by atoms with E-state index in [1.54, 1.807) is 36.4 Å². The zero-order valence-electron chi connectivity index (χ0n) is 81.2. The number of aryl methyl sites for hydroxylation is 3. The fourth-order valence-corrected chi connectivity index (χ4v) is 15.8. The van der Waals surface area contributed by atoms with Crippen molar-refractivity contribution in [2.24, 2.45) is 50.2 Å². The van der Waals surface area contributed by atoms with Crippen molar-refractivity contribution in [2.75, 3.05) is 0 Å². The molecule has 4 bridgehead atoms. The third-order valence-corrected chi connectivity index (χ3v) is 28.0. The van der Waals surface area contributed by atoms with Crippen LogP contribution in [0.15, 0.2) is 146 Å². The molecule has 808 valence electrons. The lowest BCUT2D eigenvalue weighted by Crippen LogP contribution is -2.58. The molecule has 13 nitrogen and oxygen atoms in total. The SMILES string of the molecule is C.C.C.C.C.C.C.C.C.C.C.C.C.C.C.C.CCC(C)(C)C(=O)OC(C)(C)C12CC3CC(CC(C3)C1)C2.CCC(C)(C)C(=O)OC(C)c1ccc(C)cc1.CCC(C)(C)C(=O)OC(C)c1ccc2c(c1)CCCC2.CCC(C)(C)C(=O)OC(C)c1ccccc1.CCC(C)c1ccc(O)cc1.CCC(C)c1ccc(O)cc1.CCC(C)c1ccc(O)cc1.CCC1(OC(=O)C(C)(C)CC)CCCC1. The van der Waals surface area contributed by atoms with Gasteiger partial charge >= 0.3 is 29.8 Å². The minimum atomic E-state index is -0.404. The van der Waals surface area contributed by atoms with Gasteiger partial charge in [-0.3, -0.25) is 24.0 Å². The van der Waals surface area contributed by atoms with Gasteiger partial charge in [-0.25, -0.2) is 0 Å². The molecular formula is C125H230O13. The maximum Gasteiger partial charge on any atom is 0.312 e. The summed E-state index contributed by atoms with van der Waals surface area (Å²) in [7, 11) is 0. The molecule has 138 heavy (non-hydrogen) atoms. The molecular weight excluding hydrogens is 1710 g/mol. The first kappa shape index (κ1) is 158. The molecule has 6 atom stereocenters. The zero-order valence-corrected chi connectivity index (χ0v) is 81.2. The van der Waals surface area contributed by atoms with Crippen molar-refractivity contribution in [1.82, 2.24) is 0 Å². The number of carbonyl (C=O) groups excluding carboxylic acids is 5. The van der Waals surface area contributed by atoms with Crippen LogP contribution in [0.1, 0.15) is 527 Å². The maximum atomic E-state index is 12.6. The second-order valence-electron chi connectivity index (χ2n) is 39.8. The van der Waals surface area contributed by atoms with Gasteiger partial charge in [0.25, 0.3) is 0 Å². The Morgan fingerprint density at radius 2 is 0.601 bits per heavy atom. The minimum absolute atomic E-state index is 0. The van der Waals surface area contributed by atoms with Crippen molar-refractivity contribution in [3.63, 3.8) is 0 Å². The molecule has 0 saturated heterocycles. The number of hydrogen-bond donors (Lipinski definition) is 3. The van der Waals surface area contributed by atoms with Crippen LogP contribution in [-0.4, -0.2) is 56.4 Å². The summed E-state index contributed by atoms with van der Waals surface area (Å²) >= 11 is 0. The Labute approximate surface area is 858 Å². The Bertz CT molecular complexity index is 3910. The van der Waals surface area contributed by atoms with E-state index >= 15 is 0 Å². The van der Waals surface area contributed by atoms with E-state index in [9.17, 15) is 24.0 Å². The molecule has 13 heteroatoms. The predicted molar refractivity (Wildman–Crippen MR) is 611 cm³/mol. The first-order valence-corrected chi connectivity index (χ1v) is 46.8. The standard InChI is InChI=1S/C19H32O2.C18H26O2.C15H22O2.C14H20O2.C13H24O2.3C10H14O.16CH4/c1-6-17(2,3)16(20)21-18(4,5)19-10-13-7-14(11-19)9-15(8-13)12-19;1-5-18(3,4)17(19)20-13(2)15-11-10-14-8-6-7-9-16(14)12-15;1-6-15(4,5)14(16)17-12(3)13-9-7-11(2)8-10-13;1-5-14(3,4)13(15)16-11(2)12-9-7-6-8-10-12;1-5-12(3,4)11(14)15-13(6-2)9-7-8-10-13;3*1-3-8(2)9-4-6-10(11)7-5-9;;;;;;;;;;;;;;;;/h13-15H,6-12H2,1-5H3;10-13H,5-9H2,1-4H3;7-10,12H,6H2,1-5H3;6-11H,5H2,1-4H3;5-10H2,1-4H3;3*4-8,11H,3H2,1-2H3;16*1H4. The van der Waals surface area contributed by atoms with Gasteiger partial charge in [0.1, 0.15) is 46.8 Å². The Morgan fingerprint density at radius 1 is 0.333 bits per heavy atom. The molecule has 6 aromatic rings. The van der Waals surface area contributed by atoms with Crippen molar-refractivity contribution < 1.29 is 63.0 Å². The highest BCUT2D eigenvalue weighted by Gasteiger charge is 2.59. The summed E-state index contributed by atoms with van der Waals surface area (Å²) in [4.78, 5) is 60.5. The smallest absolute Gasteiger partial charge is 0.312 e. The van der Waals surface area contributed by atoms with Gasteiger partial charge < -0.3 is 39.0 Å². The Morgan fingerprint density at radius 3 is 0.899 bits per heavy atom. The molecule has 0 heterocycles. The number of phenolic OH excluding ortho intramolecular Hbond substituents is 3. The van der Waals surface area contributed by atoms with Crippen LogP contribution in [0.4, 0.5) is 0 Å². The van der Waals surface area contributed by atoms with Crippen molar-refractivity contribution in [1.29, 1.82) is 0 Å². The Balaban J connectivity index is -0.000000117. The van der Waals surface area contributed by atoms with Crippen LogP contribution in [0.25, 0.3) is 0 Å². The molecule has 0 amide bonds. The second kappa shape index (κ2) is 73.2. The van der Waals surface area contributed by atoms with Crippen LogP contribution >= 0.6 is 0 Å². The number of phenols is 3. The van der Waals surface area contributed by atoms with Crippen molar-refractivity contribution in [3.05, 3.63) is 196 Å². The number of rotatable bonds is 26. The first-order chi connectivity index (χ1) is 57.1. The molecule has 6 aromatic carbocycles. The van der Waals surface area contributed by atoms with Crippen LogP contribution in [0, 0.1) is 57.2 Å². The van der Waals surface area contributed by atoms with Gasteiger partial charge in [0.2, 0.25) is 0 Å². The Hall–Kier alpha value is -7.93. The topological polar surface area (TPSA) is 192 Å². The fraction of sp³-hybridized carbons (Fsp3) is 0.672. The summed E-state index contributed by atoms with van der Waals surface area (Å²) in [5, 5.41) is 27.0. The third kappa shape index (κ3) is 49.2. The van der Waals surface area contributed by atoms with Gasteiger partial charge in [0.15, 0.2) is 0 Å². The van der Waals surface area contributed by atoms with Gasteiger partial charge in [0.05, 0.1) is 27.1 Å². The van der Waals surface area contributed by atoms with Crippen molar-refractivity contribution in [3.8, 4) is 17.2 Å². The van der Waals surface area contributed by atoms with E-state index in [4.69, 9.17) is 39.0 Å². The number of benzene rings is 6. The van der Waals surface area contributed by atoms with E-state index in [1.165, 1.54) is 104 Å². The van der Waals surface area contributed by atoms with Crippen LogP contribution in [-0.2, 0) is 60.5 Å². The molecule has 0 spiro atoms. The van der Waals surface area contributed by atoms with Gasteiger partial charge in [0, 0.05) is 5.41 Å². The Kier molecular flexibility index (Phi) is 83.9. The number of carbonyl (C=O) groups is 5. The number of fused-ring (bicyclic) bond motifs is 1. The van der Waals surface area contributed by atoms with Gasteiger partial charge in [-0.2, -0.15) is 0 Å². The van der Waals surface area contributed by atoms with Crippen LogP contribution in [0.2, 0.25) is 0 Å². The normalized spacial score (nSPS) is 16.7. The molecule has 12 rings (SSSR count). The first-order valence-electron chi connectivity index (χ1n) is 46.8. The van der Waals surface area contributed by atoms with E-state index in [0.717, 1.165) is 111 Å². The van der Waals surface area contributed by atoms with Crippen molar-refractivity contribution >= 4 is 29.8 Å². The highest BCUT2D eigenvalue weighted by atomic mass is 16.6. The molecule has 0 aliphatic heterocycles. The zero-order chi connectivity index (χ0) is 91.8. The quantitative estimate of drug-likeness (QED) is 0.0344. The summed E-state index contributed by atoms with van der Waals surface area (Å²) in [6.45, 7) is 56.9. The van der Waals surface area contributed by atoms with Gasteiger partial charge in [-0.1, -0.05) is 317 Å². The molecule has 6 unspecified atom stereocenters. The van der Waals surface area contributed by atoms with E-state index in [2.05, 4.69) is 87.4 Å². The summed E-state index contributed by atoms with van der Waals surface area (Å²) in [5.74, 6) is 5.10. The summed E-state index contributed by atoms with van der Waals surface area (Å²) in [5.41, 5.74) is 9.09. The molecule has 5 saturated carbocycles. The predicted octanol–water partition coefficient (Wildman–Crippen LogP) is 39.9. The van der Waals surface area contributed by atoms with Gasteiger partial charge in [-0.15, -0.1) is 0 Å². The van der Waals surface area contributed by atoms with E-state index in [1.807, 2.05) is 216 Å². The lowest BCUT2D eigenvalue weighted by Gasteiger charge is -2.61. The second-order valence-corrected chi connectivity index (χ2v) is 39.8. The lowest BCUT2D eigenvalue weighted by atomic mass is 9.46. The number of hydrogen-bond acceptors (Lipinski definition) is 13. The van der Waals surface area contributed by atoms with Crippen molar-refractivity contribution in [2.45, 2.75) is 508 Å². The lowest BCUT2D eigenvalue weighted by molar-refractivity contribution is -0.206. The summed E-state index contributed by atoms with van der Waals surface area (Å²) in [6, 6.07) is 46.7. The average molecular weight is 1940 g/mol. The molecule has 3 N–H and O–H groups in total. The summed E-state index contributed by atoms with van der Waals surface area (Å²) < 4.78 is 28.5. The highest BCUT2D eigenvalue weighted by molar-refractivity contribution is 5.78. The molecule has 0 aromatic heterocycles. The van der Waals surface area contributed by atoms with Gasteiger partial charge in [-0.05, 0) is 375 Å². The molecule has 0 radical (unpaired) electrons. The van der Waals surface area contributed by atoms with E-state index in [-0.39, 0.29) is 194 Å². The minimum Gasteiger partial charge on any atom is -0.508 e. The van der Waals surface area contributed by atoms with Crippen LogP contribution in [0.3, 0.4) is 0 Å². The number of esters is 5.